The smallest absolute Gasteiger partial charge is 0.318 e. The van der Waals surface area contributed by atoms with E-state index in [-0.39, 0.29) is 30.8 Å². The number of guanidine groups is 1. The minimum atomic E-state index is -0.761. The fourth-order valence-corrected chi connectivity index (χ4v) is 0.849. The van der Waals surface area contributed by atoms with E-state index in [1.54, 1.807) is 12.3 Å². The van der Waals surface area contributed by atoms with Crippen LogP contribution >= 0.6 is 24.8 Å². The van der Waals surface area contributed by atoms with E-state index in [1.807, 2.05) is 12.1 Å². The van der Waals surface area contributed by atoms with Gasteiger partial charge in [0.05, 0.1) is 12.2 Å². The third kappa shape index (κ3) is 6.86. The van der Waals surface area contributed by atoms with E-state index >= 15 is 0 Å². The molecule has 0 bridgehead atoms. The zero-order valence-corrected chi connectivity index (χ0v) is 9.90. The van der Waals surface area contributed by atoms with Crippen molar-refractivity contribution in [1.82, 2.24) is 15.6 Å². The standard InChI is InChI=1S/C8H11N5O.2ClH/c9-7(13-8(10)14)12-5-6-3-1-2-4-11-6;;/h1-4H,5H2,(H5,9,10,12,13,14);2*1H. The van der Waals surface area contributed by atoms with E-state index in [1.165, 1.54) is 0 Å². The van der Waals surface area contributed by atoms with E-state index in [0.29, 0.717) is 6.54 Å². The fraction of sp³-hybridized carbons (Fsp3) is 0.125. The molecule has 0 saturated carbocycles. The van der Waals surface area contributed by atoms with Gasteiger partial charge in [0.1, 0.15) is 0 Å². The molecule has 0 atom stereocenters. The number of nitrogens with two attached hydrogens (primary N) is 1. The number of aromatic nitrogens is 1. The van der Waals surface area contributed by atoms with Gasteiger partial charge in [-0.25, -0.2) is 4.79 Å². The van der Waals surface area contributed by atoms with E-state index in [9.17, 15) is 4.79 Å². The summed E-state index contributed by atoms with van der Waals surface area (Å²) in [6.07, 6.45) is 1.65. The summed E-state index contributed by atoms with van der Waals surface area (Å²) in [4.78, 5) is 14.4. The van der Waals surface area contributed by atoms with Gasteiger partial charge < -0.3 is 11.1 Å². The summed E-state index contributed by atoms with van der Waals surface area (Å²) in [7, 11) is 0. The van der Waals surface area contributed by atoms with Crippen LogP contribution in [0.3, 0.4) is 0 Å². The third-order valence-corrected chi connectivity index (χ3v) is 1.42. The number of carbonyl (C=O) groups excluding carboxylic acids is 1. The Hall–Kier alpha value is -1.53. The molecular formula is C8H13Cl2N5O. The molecule has 0 spiro atoms. The van der Waals surface area contributed by atoms with Gasteiger partial charge >= 0.3 is 6.03 Å². The lowest BCUT2D eigenvalue weighted by Gasteiger charge is -2.06. The Bertz CT molecular complexity index is 332. The molecule has 0 saturated heterocycles. The van der Waals surface area contributed by atoms with E-state index < -0.39 is 6.03 Å². The van der Waals surface area contributed by atoms with Crippen LogP contribution < -0.4 is 16.4 Å². The molecule has 16 heavy (non-hydrogen) atoms. The van der Waals surface area contributed by atoms with Gasteiger partial charge in [-0.1, -0.05) is 6.07 Å². The number of hydrogen-bond donors (Lipinski definition) is 4. The Balaban J connectivity index is 0. The molecule has 0 unspecified atom stereocenters. The second-order valence-electron chi connectivity index (χ2n) is 2.54. The summed E-state index contributed by atoms with van der Waals surface area (Å²) in [5, 5.41) is 12.0. The van der Waals surface area contributed by atoms with Gasteiger partial charge in [0.25, 0.3) is 0 Å². The number of hydrogen-bond acceptors (Lipinski definition) is 3. The quantitative estimate of drug-likeness (QED) is 0.466. The number of pyridine rings is 1. The van der Waals surface area contributed by atoms with Crippen molar-refractivity contribution in [3.05, 3.63) is 30.1 Å². The van der Waals surface area contributed by atoms with Crippen molar-refractivity contribution in [2.45, 2.75) is 6.54 Å². The Morgan fingerprint density at radius 2 is 2.12 bits per heavy atom. The van der Waals surface area contributed by atoms with E-state index in [4.69, 9.17) is 11.1 Å². The van der Waals surface area contributed by atoms with Crippen LogP contribution in [-0.2, 0) is 6.54 Å². The maximum Gasteiger partial charge on any atom is 0.318 e. The van der Waals surface area contributed by atoms with Crippen molar-refractivity contribution < 1.29 is 4.79 Å². The van der Waals surface area contributed by atoms with E-state index in [2.05, 4.69) is 15.6 Å². The number of rotatable bonds is 2. The summed E-state index contributed by atoms with van der Waals surface area (Å²) in [5.74, 6) is -0.136. The monoisotopic (exact) mass is 265 g/mol. The first-order chi connectivity index (χ1) is 6.68. The Kier molecular flexibility index (Phi) is 9.24. The highest BCUT2D eigenvalue weighted by Crippen LogP contribution is 1.90. The molecule has 1 aromatic rings. The van der Waals surface area contributed by atoms with Crippen LogP contribution in [-0.4, -0.2) is 17.0 Å². The van der Waals surface area contributed by atoms with E-state index in [0.717, 1.165) is 5.69 Å². The minimum Gasteiger partial charge on any atom is -0.351 e. The Morgan fingerprint density at radius 3 is 2.62 bits per heavy atom. The molecule has 2 amide bonds. The maximum atomic E-state index is 10.3. The number of halogens is 2. The van der Waals surface area contributed by atoms with Crippen LogP contribution in [0.25, 0.3) is 0 Å². The van der Waals surface area contributed by atoms with Gasteiger partial charge in [0.2, 0.25) is 0 Å². The lowest BCUT2D eigenvalue weighted by Crippen LogP contribution is -2.42. The molecule has 90 valence electrons. The van der Waals surface area contributed by atoms with Gasteiger partial charge in [0.15, 0.2) is 5.96 Å². The highest BCUT2D eigenvalue weighted by Gasteiger charge is 1.98. The van der Waals surface area contributed by atoms with Gasteiger partial charge in [-0.05, 0) is 12.1 Å². The van der Waals surface area contributed by atoms with Crippen LogP contribution in [0.2, 0.25) is 0 Å². The number of nitrogens with one attached hydrogen (secondary N) is 3. The minimum absolute atomic E-state index is 0. The lowest BCUT2D eigenvalue weighted by molar-refractivity contribution is 0.252. The largest absolute Gasteiger partial charge is 0.351 e. The third-order valence-electron chi connectivity index (χ3n) is 1.42. The molecule has 0 aromatic carbocycles. The molecule has 1 aromatic heterocycles. The Morgan fingerprint density at radius 1 is 1.44 bits per heavy atom. The highest BCUT2D eigenvalue weighted by atomic mass is 35.5. The number of amides is 2. The first-order valence-corrected chi connectivity index (χ1v) is 3.97. The van der Waals surface area contributed by atoms with Crippen molar-refractivity contribution >= 4 is 36.8 Å². The highest BCUT2D eigenvalue weighted by molar-refractivity contribution is 5.93. The van der Waals surface area contributed by atoms with Crippen molar-refractivity contribution in [3.8, 4) is 0 Å². The van der Waals surface area contributed by atoms with Crippen molar-refractivity contribution in [2.24, 2.45) is 5.73 Å². The first kappa shape index (κ1) is 16.9. The first-order valence-electron chi connectivity index (χ1n) is 3.97. The summed E-state index contributed by atoms with van der Waals surface area (Å²) >= 11 is 0. The average molecular weight is 266 g/mol. The number of primary amides is 1. The molecule has 0 aliphatic carbocycles. The predicted molar refractivity (Wildman–Crippen MR) is 66.0 cm³/mol. The summed E-state index contributed by atoms with van der Waals surface area (Å²) in [6, 6.07) is 4.69. The average Bonchev–Trinajstić information content (AvgIpc) is 2.15. The number of urea groups is 1. The maximum absolute atomic E-state index is 10.3. The van der Waals surface area contributed by atoms with Gasteiger partial charge in [0, 0.05) is 6.20 Å². The van der Waals surface area contributed by atoms with Gasteiger partial charge in [-0.15, -0.1) is 24.8 Å². The summed E-state index contributed by atoms with van der Waals surface area (Å²) in [5.41, 5.74) is 5.60. The van der Waals surface area contributed by atoms with Crippen molar-refractivity contribution in [3.63, 3.8) is 0 Å². The lowest BCUT2D eigenvalue weighted by atomic mass is 10.3. The fourth-order valence-electron chi connectivity index (χ4n) is 0.849. The zero-order chi connectivity index (χ0) is 10.4. The molecule has 5 N–H and O–H groups in total. The SMILES string of the molecule is Cl.Cl.N=C(NCc1ccccn1)NC(N)=O. The van der Waals surface area contributed by atoms with Crippen LogP contribution in [0.4, 0.5) is 4.79 Å². The predicted octanol–water partition coefficient (Wildman–Crippen LogP) is 0.618. The second-order valence-corrected chi connectivity index (χ2v) is 2.54. The second kappa shape index (κ2) is 8.75. The van der Waals surface area contributed by atoms with Crippen LogP contribution in [0.1, 0.15) is 5.69 Å². The normalized spacial score (nSPS) is 8.00. The summed E-state index contributed by atoms with van der Waals surface area (Å²) < 4.78 is 0. The van der Waals surface area contributed by atoms with Crippen molar-refractivity contribution in [1.29, 1.82) is 5.41 Å². The van der Waals surface area contributed by atoms with Crippen LogP contribution in [0.5, 0.6) is 0 Å². The molecule has 6 nitrogen and oxygen atoms in total. The number of carbonyl (C=O) groups is 1. The number of nitrogens with zero attached hydrogens (tertiary/aromatic N) is 1. The van der Waals surface area contributed by atoms with Crippen molar-refractivity contribution in [2.75, 3.05) is 0 Å². The molecule has 8 heteroatoms. The van der Waals surface area contributed by atoms with Gasteiger partial charge in [-0.3, -0.25) is 15.7 Å². The molecule has 0 fully saturated rings. The zero-order valence-electron chi connectivity index (χ0n) is 8.27. The molecule has 0 radical (unpaired) electrons. The topological polar surface area (TPSA) is 104 Å². The van der Waals surface area contributed by atoms with Crippen LogP contribution in [0, 0.1) is 5.41 Å². The molecule has 0 aliphatic rings. The molecule has 0 aliphatic heterocycles. The molecule has 1 heterocycles. The molecule has 1 rings (SSSR count). The van der Waals surface area contributed by atoms with Gasteiger partial charge in [-0.2, -0.15) is 0 Å². The summed E-state index contributed by atoms with van der Waals surface area (Å²) in [6.45, 7) is 0.375. The Labute approximate surface area is 105 Å². The molecular weight excluding hydrogens is 253 g/mol. The van der Waals surface area contributed by atoms with Crippen LogP contribution in [0.15, 0.2) is 24.4 Å².